The SMILES string of the molecule is CC(C)=O.CCCCCC.CCCCCC.CCCCCC. The van der Waals surface area contributed by atoms with E-state index in [-0.39, 0.29) is 5.78 Å². The van der Waals surface area contributed by atoms with Gasteiger partial charge in [-0.1, -0.05) is 119 Å². The number of ketones is 1. The maximum absolute atomic E-state index is 9.44. The summed E-state index contributed by atoms with van der Waals surface area (Å²) in [6.45, 7) is 16.4. The van der Waals surface area contributed by atoms with Crippen LogP contribution in [0.5, 0.6) is 0 Å². The van der Waals surface area contributed by atoms with Crippen LogP contribution in [0, 0.1) is 0 Å². The van der Waals surface area contributed by atoms with E-state index < -0.39 is 0 Å². The van der Waals surface area contributed by atoms with E-state index in [0.717, 1.165) is 0 Å². The second-order valence-electron chi connectivity index (χ2n) is 6.03. The van der Waals surface area contributed by atoms with Crippen molar-refractivity contribution in [3.8, 4) is 0 Å². The number of hydrogen-bond acceptors (Lipinski definition) is 1. The van der Waals surface area contributed by atoms with Crippen molar-refractivity contribution in [2.24, 2.45) is 0 Å². The molecule has 0 saturated carbocycles. The molecule has 0 fully saturated rings. The van der Waals surface area contributed by atoms with Crippen LogP contribution < -0.4 is 0 Å². The predicted octanol–water partition coefficient (Wildman–Crippen LogP) is 8.36. The zero-order chi connectivity index (χ0) is 18.1. The van der Waals surface area contributed by atoms with Gasteiger partial charge in [-0.25, -0.2) is 0 Å². The van der Waals surface area contributed by atoms with Crippen molar-refractivity contribution in [2.75, 3.05) is 0 Å². The molecule has 0 N–H and O–H groups in total. The lowest BCUT2D eigenvalue weighted by Gasteiger charge is -1.86. The highest BCUT2D eigenvalue weighted by atomic mass is 16.1. The van der Waals surface area contributed by atoms with Crippen LogP contribution in [0.2, 0.25) is 0 Å². The molecule has 138 valence electrons. The van der Waals surface area contributed by atoms with Gasteiger partial charge in [0.2, 0.25) is 0 Å². The van der Waals surface area contributed by atoms with E-state index in [1.807, 2.05) is 0 Å². The summed E-state index contributed by atoms with van der Waals surface area (Å²) in [6.07, 6.45) is 16.6. The van der Waals surface area contributed by atoms with Crippen molar-refractivity contribution < 1.29 is 4.79 Å². The number of Topliss-reactive ketones (excluding diaryl/α,β-unsaturated/α-hetero) is 1. The summed E-state index contributed by atoms with van der Waals surface area (Å²) < 4.78 is 0. The van der Waals surface area contributed by atoms with Gasteiger partial charge in [0.1, 0.15) is 5.78 Å². The molecule has 0 spiro atoms. The quantitative estimate of drug-likeness (QED) is 0.390. The fourth-order valence-electron chi connectivity index (χ4n) is 1.50. The van der Waals surface area contributed by atoms with Crippen LogP contribution in [0.3, 0.4) is 0 Å². The third-order valence-electron chi connectivity index (χ3n) is 2.87. The summed E-state index contributed by atoms with van der Waals surface area (Å²) >= 11 is 0. The van der Waals surface area contributed by atoms with Gasteiger partial charge in [0, 0.05) is 0 Å². The molecule has 0 aliphatic heterocycles. The average Bonchev–Trinajstić information content (AvgIpc) is 2.49. The normalized spacial score (nSPS) is 8.55. The van der Waals surface area contributed by atoms with E-state index in [1.54, 1.807) is 0 Å². The first-order chi connectivity index (χ1) is 10.5. The minimum atomic E-state index is 0.167. The molecule has 0 heterocycles. The molecule has 0 aromatic rings. The first-order valence-corrected chi connectivity index (χ1v) is 9.95. The van der Waals surface area contributed by atoms with Crippen LogP contribution in [0.25, 0.3) is 0 Å². The average molecular weight is 317 g/mol. The van der Waals surface area contributed by atoms with E-state index in [4.69, 9.17) is 0 Å². The highest BCUT2D eigenvalue weighted by Crippen LogP contribution is 1.96. The molecule has 0 aromatic heterocycles. The Kier molecular flexibility index (Phi) is 50.1. The Balaban J connectivity index is -0.0000000994. The topological polar surface area (TPSA) is 17.1 Å². The first kappa shape index (κ1) is 29.7. The number of carbonyl (C=O) groups is 1. The van der Waals surface area contributed by atoms with Gasteiger partial charge in [-0.15, -0.1) is 0 Å². The molecule has 0 aliphatic carbocycles. The summed E-state index contributed by atoms with van der Waals surface area (Å²) in [6, 6.07) is 0. The van der Waals surface area contributed by atoms with E-state index in [0.29, 0.717) is 0 Å². The minimum Gasteiger partial charge on any atom is -0.300 e. The van der Waals surface area contributed by atoms with Crippen molar-refractivity contribution in [1.82, 2.24) is 0 Å². The monoisotopic (exact) mass is 316 g/mol. The number of carbonyl (C=O) groups excluding carboxylic acids is 1. The lowest BCUT2D eigenvalue weighted by atomic mass is 10.2. The Bertz CT molecular complexity index is 117. The van der Waals surface area contributed by atoms with Gasteiger partial charge in [0.15, 0.2) is 0 Å². The van der Waals surface area contributed by atoms with Gasteiger partial charge < -0.3 is 4.79 Å². The molecule has 1 heteroatoms. The van der Waals surface area contributed by atoms with Gasteiger partial charge >= 0.3 is 0 Å². The largest absolute Gasteiger partial charge is 0.300 e. The molecule has 0 rings (SSSR count). The molecule has 0 amide bonds. The van der Waals surface area contributed by atoms with Gasteiger partial charge in [-0.05, 0) is 13.8 Å². The maximum atomic E-state index is 9.44. The molecular weight excluding hydrogens is 268 g/mol. The van der Waals surface area contributed by atoms with Crippen LogP contribution in [0.1, 0.15) is 132 Å². The summed E-state index contributed by atoms with van der Waals surface area (Å²) in [7, 11) is 0. The molecule has 0 bridgehead atoms. The Morgan fingerprint density at radius 3 is 0.591 bits per heavy atom. The highest BCUT2D eigenvalue weighted by molar-refractivity contribution is 5.72. The van der Waals surface area contributed by atoms with Crippen LogP contribution >= 0.6 is 0 Å². The molecule has 0 aliphatic rings. The third kappa shape index (κ3) is 91.2. The Hall–Kier alpha value is -0.330. The molecular formula is C21H48O. The van der Waals surface area contributed by atoms with Gasteiger partial charge in [-0.2, -0.15) is 0 Å². The Labute approximate surface area is 143 Å². The Morgan fingerprint density at radius 1 is 0.455 bits per heavy atom. The highest BCUT2D eigenvalue weighted by Gasteiger charge is 1.76. The third-order valence-corrected chi connectivity index (χ3v) is 2.87. The van der Waals surface area contributed by atoms with Crippen molar-refractivity contribution in [3.05, 3.63) is 0 Å². The summed E-state index contributed by atoms with van der Waals surface area (Å²) in [5.74, 6) is 0.167. The minimum absolute atomic E-state index is 0.167. The smallest absolute Gasteiger partial charge is 0.126 e. The fourth-order valence-corrected chi connectivity index (χ4v) is 1.50. The van der Waals surface area contributed by atoms with E-state index in [1.165, 1.54) is 90.9 Å². The summed E-state index contributed by atoms with van der Waals surface area (Å²) in [4.78, 5) is 9.44. The predicted molar refractivity (Wildman–Crippen MR) is 106 cm³/mol. The Morgan fingerprint density at radius 2 is 0.545 bits per heavy atom. The second kappa shape index (κ2) is 37.2. The fraction of sp³-hybridized carbons (Fsp3) is 0.952. The lowest BCUT2D eigenvalue weighted by molar-refractivity contribution is -0.114. The summed E-state index contributed by atoms with van der Waals surface area (Å²) in [5.41, 5.74) is 0. The molecule has 0 radical (unpaired) electrons. The zero-order valence-corrected chi connectivity index (χ0v) is 17.4. The van der Waals surface area contributed by atoms with E-state index in [2.05, 4.69) is 41.5 Å². The van der Waals surface area contributed by atoms with Crippen molar-refractivity contribution in [3.63, 3.8) is 0 Å². The molecule has 1 nitrogen and oxygen atoms in total. The standard InChI is InChI=1S/3C6H14.C3H6O/c3*1-3-5-6-4-2;1-3(2)4/h3*3-6H2,1-2H3;1-2H3. The van der Waals surface area contributed by atoms with Crippen LogP contribution in [-0.2, 0) is 4.79 Å². The van der Waals surface area contributed by atoms with Gasteiger partial charge in [0.25, 0.3) is 0 Å². The molecule has 0 atom stereocenters. The van der Waals surface area contributed by atoms with E-state index in [9.17, 15) is 4.79 Å². The van der Waals surface area contributed by atoms with Crippen molar-refractivity contribution in [2.45, 2.75) is 132 Å². The number of rotatable bonds is 9. The molecule has 0 saturated heterocycles. The molecule has 0 unspecified atom stereocenters. The molecule has 22 heavy (non-hydrogen) atoms. The van der Waals surface area contributed by atoms with Gasteiger partial charge in [0.05, 0.1) is 0 Å². The maximum Gasteiger partial charge on any atom is 0.126 e. The van der Waals surface area contributed by atoms with Crippen molar-refractivity contribution in [1.29, 1.82) is 0 Å². The lowest BCUT2D eigenvalue weighted by Crippen LogP contribution is -1.69. The van der Waals surface area contributed by atoms with Crippen molar-refractivity contribution >= 4 is 5.78 Å². The van der Waals surface area contributed by atoms with Crippen LogP contribution in [-0.4, -0.2) is 5.78 Å². The van der Waals surface area contributed by atoms with Gasteiger partial charge in [-0.3, -0.25) is 0 Å². The van der Waals surface area contributed by atoms with E-state index >= 15 is 0 Å². The van der Waals surface area contributed by atoms with Crippen LogP contribution in [0.15, 0.2) is 0 Å². The zero-order valence-electron chi connectivity index (χ0n) is 17.4. The second-order valence-corrected chi connectivity index (χ2v) is 6.03. The van der Waals surface area contributed by atoms with Crippen LogP contribution in [0.4, 0.5) is 0 Å². The first-order valence-electron chi connectivity index (χ1n) is 9.95. The number of hydrogen-bond donors (Lipinski definition) is 0. The summed E-state index contributed by atoms with van der Waals surface area (Å²) in [5, 5.41) is 0. The number of unbranched alkanes of at least 4 members (excludes halogenated alkanes) is 9. The molecule has 0 aromatic carbocycles.